The van der Waals surface area contributed by atoms with Gasteiger partial charge in [-0.3, -0.25) is 24.5 Å². The Hall–Kier alpha value is -3.78. The summed E-state index contributed by atoms with van der Waals surface area (Å²) in [6, 6.07) is 3.43. The minimum absolute atomic E-state index is 0.184. The quantitative estimate of drug-likeness (QED) is 0.223. The number of ether oxygens (including phenoxy) is 5. The summed E-state index contributed by atoms with van der Waals surface area (Å²) in [5, 5.41) is 30.6. The summed E-state index contributed by atoms with van der Waals surface area (Å²) in [5.74, 6) is -4.90. The van der Waals surface area contributed by atoms with Gasteiger partial charge < -0.3 is 33.9 Å². The number of nitro benzene ring substituents is 1. The SMILES string of the molecule is CC(=O)O[C@@H]1[C@@H](OC(C)=O)[C@@H](Oc2ccc(CO)cc2[N+](=O)[O-])O[C@](C)(C(=O)O)[C@H]1OC(C)=O. The molecule has 1 saturated heterocycles. The maximum absolute atomic E-state index is 12.1. The van der Waals surface area contributed by atoms with E-state index < -0.39 is 77.0 Å². The molecule has 0 saturated carbocycles. The highest BCUT2D eigenvalue weighted by molar-refractivity contribution is 5.79. The molecule has 0 aromatic heterocycles. The van der Waals surface area contributed by atoms with Crippen LogP contribution in [0.4, 0.5) is 5.69 Å². The molecule has 1 aromatic rings. The highest BCUT2D eigenvalue weighted by Crippen LogP contribution is 2.38. The Balaban J connectivity index is 2.64. The third-order valence-corrected chi connectivity index (χ3v) is 4.76. The average Bonchev–Trinajstić information content (AvgIpc) is 2.72. The Labute approximate surface area is 192 Å². The van der Waals surface area contributed by atoms with Gasteiger partial charge in [-0.1, -0.05) is 6.07 Å². The summed E-state index contributed by atoms with van der Waals surface area (Å²) in [7, 11) is 0. The molecule has 1 aliphatic heterocycles. The molecule has 34 heavy (non-hydrogen) atoms. The van der Waals surface area contributed by atoms with E-state index in [1.807, 2.05) is 0 Å². The number of aliphatic carboxylic acids is 1. The number of hydrogen-bond donors (Lipinski definition) is 2. The van der Waals surface area contributed by atoms with Crippen LogP contribution in [0, 0.1) is 10.1 Å². The van der Waals surface area contributed by atoms with E-state index in [2.05, 4.69) is 0 Å². The topological polar surface area (TPSA) is 198 Å². The second-order valence-electron chi connectivity index (χ2n) is 7.41. The fourth-order valence-electron chi connectivity index (χ4n) is 3.30. The maximum Gasteiger partial charge on any atom is 0.339 e. The van der Waals surface area contributed by atoms with Gasteiger partial charge >= 0.3 is 29.6 Å². The first-order valence-corrected chi connectivity index (χ1v) is 9.77. The lowest BCUT2D eigenvalue weighted by atomic mass is 9.87. The zero-order chi connectivity index (χ0) is 25.8. The van der Waals surface area contributed by atoms with Crippen LogP contribution in [-0.2, 0) is 44.7 Å². The fourth-order valence-corrected chi connectivity index (χ4v) is 3.30. The zero-order valence-electron chi connectivity index (χ0n) is 18.6. The minimum atomic E-state index is -2.40. The first-order valence-electron chi connectivity index (χ1n) is 9.77. The number of benzene rings is 1. The first-order chi connectivity index (χ1) is 15.8. The molecule has 0 amide bonds. The van der Waals surface area contributed by atoms with Gasteiger partial charge in [0.1, 0.15) is 0 Å². The van der Waals surface area contributed by atoms with Crippen LogP contribution in [0.5, 0.6) is 5.75 Å². The highest BCUT2D eigenvalue weighted by Gasteiger charge is 2.62. The zero-order valence-corrected chi connectivity index (χ0v) is 18.6. The Morgan fingerprint density at radius 2 is 1.62 bits per heavy atom. The molecule has 0 aliphatic carbocycles. The van der Waals surface area contributed by atoms with Gasteiger partial charge in [-0.15, -0.1) is 0 Å². The van der Waals surface area contributed by atoms with Gasteiger partial charge in [0.2, 0.25) is 18.0 Å². The van der Waals surface area contributed by atoms with Crippen molar-refractivity contribution in [2.45, 2.75) is 64.5 Å². The van der Waals surface area contributed by atoms with Gasteiger partial charge in [-0.25, -0.2) is 4.79 Å². The second kappa shape index (κ2) is 10.4. The molecular formula is C20H23NO13. The van der Waals surface area contributed by atoms with E-state index in [1.165, 1.54) is 6.07 Å². The molecule has 0 spiro atoms. The van der Waals surface area contributed by atoms with Crippen LogP contribution >= 0.6 is 0 Å². The number of nitro groups is 1. The molecule has 1 aromatic carbocycles. The van der Waals surface area contributed by atoms with E-state index in [4.69, 9.17) is 23.7 Å². The molecular weight excluding hydrogens is 462 g/mol. The van der Waals surface area contributed by atoms with Crippen molar-refractivity contribution in [2.75, 3.05) is 0 Å². The van der Waals surface area contributed by atoms with Crippen molar-refractivity contribution in [2.24, 2.45) is 0 Å². The van der Waals surface area contributed by atoms with Crippen molar-refractivity contribution < 1.29 is 58.0 Å². The molecule has 14 nitrogen and oxygen atoms in total. The molecule has 0 radical (unpaired) electrons. The maximum atomic E-state index is 12.1. The standard InChI is InChI=1S/C20H23NO13/c1-9(23)30-15-16(31-10(2)24)18(34-20(4,19(26)27)17(15)32-11(3)25)33-14-6-5-12(8-22)7-13(14)21(28)29/h5-7,15-18,22H,8H2,1-4H3,(H,26,27)/t15-,16-,17+,18+,20+/m1/s1. The van der Waals surface area contributed by atoms with Gasteiger partial charge in [-0.2, -0.15) is 0 Å². The van der Waals surface area contributed by atoms with Gasteiger partial charge in [0.05, 0.1) is 11.5 Å². The van der Waals surface area contributed by atoms with E-state index in [9.17, 15) is 39.5 Å². The van der Waals surface area contributed by atoms with Crippen molar-refractivity contribution in [1.29, 1.82) is 0 Å². The Bertz CT molecular complexity index is 993. The van der Waals surface area contributed by atoms with E-state index >= 15 is 0 Å². The molecule has 1 heterocycles. The largest absolute Gasteiger partial charge is 0.479 e. The fraction of sp³-hybridized carbons (Fsp3) is 0.500. The number of aliphatic hydroxyl groups is 1. The molecule has 0 unspecified atom stereocenters. The third-order valence-electron chi connectivity index (χ3n) is 4.76. The van der Waals surface area contributed by atoms with Gasteiger partial charge in [-0.05, 0) is 18.6 Å². The number of carboxylic acids is 1. The van der Waals surface area contributed by atoms with Crippen molar-refractivity contribution in [3.05, 3.63) is 33.9 Å². The third kappa shape index (κ3) is 5.77. The normalized spacial score (nSPS) is 26.1. The van der Waals surface area contributed by atoms with Gasteiger partial charge in [0.15, 0.2) is 18.0 Å². The van der Waals surface area contributed by atoms with Gasteiger partial charge in [0.25, 0.3) is 0 Å². The Morgan fingerprint density at radius 1 is 1.06 bits per heavy atom. The van der Waals surface area contributed by atoms with Crippen molar-refractivity contribution in [3.63, 3.8) is 0 Å². The molecule has 1 aliphatic rings. The molecule has 2 rings (SSSR count). The number of aliphatic hydroxyl groups excluding tert-OH is 1. The summed E-state index contributed by atoms with van der Waals surface area (Å²) >= 11 is 0. The predicted molar refractivity (Wildman–Crippen MR) is 107 cm³/mol. The van der Waals surface area contributed by atoms with Crippen LogP contribution in [0.15, 0.2) is 18.2 Å². The average molecular weight is 485 g/mol. The minimum Gasteiger partial charge on any atom is -0.479 e. The van der Waals surface area contributed by atoms with Crippen LogP contribution in [0.3, 0.4) is 0 Å². The van der Waals surface area contributed by atoms with Crippen molar-refractivity contribution in [3.8, 4) is 5.75 Å². The van der Waals surface area contributed by atoms with E-state index in [0.717, 1.165) is 39.8 Å². The van der Waals surface area contributed by atoms with Crippen LogP contribution in [-0.4, -0.2) is 69.2 Å². The van der Waals surface area contributed by atoms with E-state index in [-0.39, 0.29) is 5.56 Å². The van der Waals surface area contributed by atoms with Crippen molar-refractivity contribution >= 4 is 29.6 Å². The summed E-state index contributed by atoms with van der Waals surface area (Å²) in [5.41, 5.74) is -2.82. The predicted octanol–water partition coefficient (Wildman–Crippen LogP) is 0.461. The van der Waals surface area contributed by atoms with Crippen LogP contribution in [0.25, 0.3) is 0 Å². The number of hydrogen-bond acceptors (Lipinski definition) is 12. The van der Waals surface area contributed by atoms with E-state index in [0.29, 0.717) is 0 Å². The van der Waals surface area contributed by atoms with Crippen LogP contribution in [0.1, 0.15) is 33.3 Å². The highest BCUT2D eigenvalue weighted by atomic mass is 16.7. The molecule has 0 bridgehead atoms. The number of rotatable bonds is 8. The van der Waals surface area contributed by atoms with Gasteiger partial charge in [0, 0.05) is 26.8 Å². The molecule has 1 fully saturated rings. The van der Waals surface area contributed by atoms with Crippen LogP contribution < -0.4 is 4.74 Å². The summed E-state index contributed by atoms with van der Waals surface area (Å²) < 4.78 is 26.5. The Morgan fingerprint density at radius 3 is 2.09 bits per heavy atom. The molecule has 186 valence electrons. The Kier molecular flexibility index (Phi) is 8.13. The number of esters is 3. The summed E-state index contributed by atoms with van der Waals surface area (Å²) in [6.45, 7) is 3.45. The molecule has 2 N–H and O–H groups in total. The number of nitrogens with zero attached hydrogens (tertiary/aromatic N) is 1. The lowest BCUT2D eigenvalue weighted by Gasteiger charge is -2.47. The van der Waals surface area contributed by atoms with E-state index in [1.54, 1.807) is 0 Å². The second-order valence-corrected chi connectivity index (χ2v) is 7.41. The van der Waals surface area contributed by atoms with Crippen LogP contribution in [0.2, 0.25) is 0 Å². The molecule has 5 atom stereocenters. The molecule has 14 heteroatoms. The lowest BCUT2D eigenvalue weighted by Crippen LogP contribution is -2.69. The lowest BCUT2D eigenvalue weighted by molar-refractivity contribution is -0.387. The monoisotopic (exact) mass is 485 g/mol. The smallest absolute Gasteiger partial charge is 0.339 e. The van der Waals surface area contributed by atoms with Crippen molar-refractivity contribution in [1.82, 2.24) is 0 Å². The summed E-state index contributed by atoms with van der Waals surface area (Å²) in [4.78, 5) is 58.1. The first kappa shape index (κ1) is 26.5. The number of carbonyl (C=O) groups is 4. The number of carbonyl (C=O) groups excluding carboxylic acids is 3. The number of carboxylic acid groups (broad SMARTS) is 1. The summed E-state index contributed by atoms with van der Waals surface area (Å²) in [6.07, 6.45) is -7.07.